The molecule has 1 aromatic rings. The molecule has 3 aliphatic rings. The van der Waals surface area contributed by atoms with Crippen molar-refractivity contribution in [3.63, 3.8) is 0 Å². The highest BCUT2D eigenvalue weighted by Gasteiger charge is 2.37. The van der Waals surface area contributed by atoms with Gasteiger partial charge in [-0.25, -0.2) is 0 Å². The van der Waals surface area contributed by atoms with E-state index >= 15 is 0 Å². The van der Waals surface area contributed by atoms with Crippen molar-refractivity contribution < 1.29 is 5.11 Å². The summed E-state index contributed by atoms with van der Waals surface area (Å²) in [7, 11) is 0. The first-order chi connectivity index (χ1) is 7.84. The van der Waals surface area contributed by atoms with E-state index in [4.69, 9.17) is 0 Å². The summed E-state index contributed by atoms with van der Waals surface area (Å²) in [5, 5.41) is 10.3. The van der Waals surface area contributed by atoms with Gasteiger partial charge in [0.1, 0.15) is 6.10 Å². The Kier molecular flexibility index (Phi) is 2.59. The van der Waals surface area contributed by atoms with Crippen LogP contribution in [0.3, 0.4) is 0 Å². The quantitative estimate of drug-likeness (QED) is 0.729. The van der Waals surface area contributed by atoms with Gasteiger partial charge in [-0.2, -0.15) is 0 Å². The number of rotatable bonds is 2. The molecule has 0 saturated carbocycles. The van der Waals surface area contributed by atoms with Gasteiger partial charge in [-0.15, -0.1) is 0 Å². The first-order valence-corrected chi connectivity index (χ1v) is 5.75. The summed E-state index contributed by atoms with van der Waals surface area (Å²) in [5.41, 5.74) is 0.682. The normalized spacial score (nSPS) is 34.9. The first-order valence-electron chi connectivity index (χ1n) is 5.75. The lowest BCUT2D eigenvalue weighted by atomic mass is 10.0. The lowest BCUT2D eigenvalue weighted by Gasteiger charge is -2.48. The van der Waals surface area contributed by atoms with Crippen LogP contribution in [-0.4, -0.2) is 63.6 Å². The van der Waals surface area contributed by atoms with Crippen LogP contribution in [0.2, 0.25) is 0 Å². The minimum atomic E-state index is -0.517. The zero-order valence-corrected chi connectivity index (χ0v) is 9.16. The van der Waals surface area contributed by atoms with Crippen LogP contribution in [0.15, 0.2) is 18.6 Å². The summed E-state index contributed by atoms with van der Waals surface area (Å²) in [6.07, 6.45) is 4.41. The molecule has 5 nitrogen and oxygen atoms in total. The van der Waals surface area contributed by atoms with Gasteiger partial charge in [-0.05, 0) is 0 Å². The Labute approximate surface area is 94.7 Å². The van der Waals surface area contributed by atoms with E-state index in [1.54, 1.807) is 18.6 Å². The van der Waals surface area contributed by atoms with Gasteiger partial charge in [0.05, 0.1) is 17.9 Å². The van der Waals surface area contributed by atoms with Crippen molar-refractivity contribution in [3.8, 4) is 0 Å². The predicted molar refractivity (Wildman–Crippen MR) is 58.8 cm³/mol. The van der Waals surface area contributed by atoms with E-state index in [-0.39, 0.29) is 6.04 Å². The molecule has 4 rings (SSSR count). The molecule has 2 atom stereocenters. The molecule has 2 bridgehead atoms. The van der Waals surface area contributed by atoms with Crippen molar-refractivity contribution in [2.24, 2.45) is 0 Å². The topological polar surface area (TPSA) is 52.5 Å². The zero-order chi connectivity index (χ0) is 11.0. The van der Waals surface area contributed by atoms with Gasteiger partial charge < -0.3 is 5.11 Å². The molecule has 0 amide bonds. The van der Waals surface area contributed by atoms with Crippen LogP contribution in [-0.2, 0) is 0 Å². The summed E-state index contributed by atoms with van der Waals surface area (Å²) >= 11 is 0. The van der Waals surface area contributed by atoms with Crippen LogP contribution in [0.5, 0.6) is 0 Å². The maximum absolute atomic E-state index is 10.3. The van der Waals surface area contributed by atoms with E-state index in [2.05, 4.69) is 19.8 Å². The second kappa shape index (κ2) is 4.08. The van der Waals surface area contributed by atoms with Gasteiger partial charge in [-0.1, -0.05) is 0 Å². The molecule has 0 aliphatic carbocycles. The van der Waals surface area contributed by atoms with Gasteiger partial charge in [0, 0.05) is 45.1 Å². The number of hydrogen-bond acceptors (Lipinski definition) is 5. The third kappa shape index (κ3) is 1.71. The molecule has 86 valence electrons. The van der Waals surface area contributed by atoms with Crippen molar-refractivity contribution in [2.75, 3.05) is 32.7 Å². The molecule has 5 heteroatoms. The third-order valence-corrected chi connectivity index (χ3v) is 3.57. The van der Waals surface area contributed by atoms with Crippen molar-refractivity contribution in [2.45, 2.75) is 12.1 Å². The predicted octanol–water partition coefficient (Wildman–Crippen LogP) is -0.490. The fourth-order valence-electron chi connectivity index (χ4n) is 2.62. The smallest absolute Gasteiger partial charge is 0.114 e. The Balaban J connectivity index is 1.78. The number of aromatic nitrogens is 2. The van der Waals surface area contributed by atoms with E-state index in [1.807, 2.05) is 0 Å². The van der Waals surface area contributed by atoms with Crippen LogP contribution < -0.4 is 0 Å². The highest BCUT2D eigenvalue weighted by Crippen LogP contribution is 2.25. The molecule has 3 saturated heterocycles. The van der Waals surface area contributed by atoms with E-state index in [0.29, 0.717) is 5.69 Å². The number of aliphatic hydroxyl groups excluding tert-OH is 1. The van der Waals surface area contributed by atoms with Crippen molar-refractivity contribution in [1.82, 2.24) is 19.8 Å². The summed E-state index contributed by atoms with van der Waals surface area (Å²) < 4.78 is 0. The molecular weight excluding hydrogens is 204 g/mol. The average molecular weight is 220 g/mol. The molecule has 3 aliphatic heterocycles. The standard InChI is InChI=1S/C11H16N4O/c16-11(9-7-12-1-2-13-9)10-8-14-3-5-15(10)6-4-14/h1-2,7,10-11,16H,3-6,8H2. The Hall–Kier alpha value is -1.04. The van der Waals surface area contributed by atoms with E-state index in [0.717, 1.165) is 32.7 Å². The maximum Gasteiger partial charge on any atom is 0.114 e. The van der Waals surface area contributed by atoms with Gasteiger partial charge in [0.25, 0.3) is 0 Å². The van der Waals surface area contributed by atoms with Crippen LogP contribution >= 0.6 is 0 Å². The molecule has 1 aromatic heterocycles. The van der Waals surface area contributed by atoms with Crippen LogP contribution in [0, 0.1) is 0 Å². The molecule has 0 radical (unpaired) electrons. The maximum atomic E-state index is 10.3. The minimum absolute atomic E-state index is 0.180. The lowest BCUT2D eigenvalue weighted by molar-refractivity contribution is -0.0484. The largest absolute Gasteiger partial charge is 0.385 e. The Morgan fingerprint density at radius 2 is 2.06 bits per heavy atom. The lowest BCUT2D eigenvalue weighted by Crippen LogP contribution is -2.62. The highest BCUT2D eigenvalue weighted by molar-refractivity contribution is 5.06. The average Bonchev–Trinajstić information content (AvgIpc) is 2.40. The van der Waals surface area contributed by atoms with Gasteiger partial charge >= 0.3 is 0 Å². The zero-order valence-electron chi connectivity index (χ0n) is 9.16. The van der Waals surface area contributed by atoms with Crippen molar-refractivity contribution >= 4 is 0 Å². The fraction of sp³-hybridized carbons (Fsp3) is 0.636. The van der Waals surface area contributed by atoms with E-state index in [9.17, 15) is 5.11 Å². The second-order valence-electron chi connectivity index (χ2n) is 4.48. The first kappa shape index (κ1) is 10.1. The van der Waals surface area contributed by atoms with Crippen LogP contribution in [0.25, 0.3) is 0 Å². The Morgan fingerprint density at radius 1 is 1.25 bits per heavy atom. The molecule has 2 unspecified atom stereocenters. The van der Waals surface area contributed by atoms with Crippen LogP contribution in [0.1, 0.15) is 11.8 Å². The van der Waals surface area contributed by atoms with Gasteiger partial charge in [0.15, 0.2) is 0 Å². The minimum Gasteiger partial charge on any atom is -0.385 e. The number of piperazine rings is 3. The summed E-state index contributed by atoms with van der Waals surface area (Å²) in [6.45, 7) is 5.31. The number of fused-ring (bicyclic) bond motifs is 3. The second-order valence-corrected chi connectivity index (χ2v) is 4.48. The Bertz CT molecular complexity index is 350. The molecular formula is C11H16N4O. The SMILES string of the molecule is OC(c1cnccn1)C1CN2CCN1CC2. The molecule has 0 spiro atoms. The van der Waals surface area contributed by atoms with Crippen molar-refractivity contribution in [1.29, 1.82) is 0 Å². The number of hydrogen-bond donors (Lipinski definition) is 1. The van der Waals surface area contributed by atoms with Gasteiger partial charge in [-0.3, -0.25) is 19.8 Å². The van der Waals surface area contributed by atoms with E-state index < -0.39 is 6.10 Å². The van der Waals surface area contributed by atoms with Gasteiger partial charge in [0.2, 0.25) is 0 Å². The van der Waals surface area contributed by atoms with Crippen molar-refractivity contribution in [3.05, 3.63) is 24.3 Å². The number of aliphatic hydroxyl groups is 1. The molecule has 0 aromatic carbocycles. The summed E-state index contributed by atoms with van der Waals surface area (Å²) in [5.74, 6) is 0. The highest BCUT2D eigenvalue weighted by atomic mass is 16.3. The summed E-state index contributed by atoms with van der Waals surface area (Å²) in [6, 6.07) is 0.180. The molecule has 16 heavy (non-hydrogen) atoms. The van der Waals surface area contributed by atoms with E-state index in [1.165, 1.54) is 0 Å². The molecule has 1 N–H and O–H groups in total. The Morgan fingerprint density at radius 3 is 2.62 bits per heavy atom. The van der Waals surface area contributed by atoms with Crippen LogP contribution in [0.4, 0.5) is 0 Å². The monoisotopic (exact) mass is 220 g/mol. The fourth-order valence-corrected chi connectivity index (χ4v) is 2.62. The summed E-state index contributed by atoms with van der Waals surface area (Å²) in [4.78, 5) is 13.0. The molecule has 3 fully saturated rings. The number of nitrogens with zero attached hydrogens (tertiary/aromatic N) is 4. The molecule has 4 heterocycles. The third-order valence-electron chi connectivity index (χ3n) is 3.57.